The highest BCUT2D eigenvalue weighted by molar-refractivity contribution is 4.96. The lowest BCUT2D eigenvalue weighted by Gasteiger charge is -2.33. The molecule has 0 spiro atoms. The molecule has 172 valence electrons. The van der Waals surface area contributed by atoms with Gasteiger partial charge in [0.15, 0.2) is 0 Å². The topological polar surface area (TPSA) is 6.48 Å². The largest absolute Gasteiger partial charge is 0.356 e. The van der Waals surface area contributed by atoms with Crippen molar-refractivity contribution in [3.8, 4) is 0 Å². The molecule has 0 aromatic carbocycles. The Bertz CT molecular complexity index is 366. The monoisotopic (exact) mass is 406 g/mol. The molecule has 1 rings (SSSR count). The first-order valence-corrected chi connectivity index (χ1v) is 13.5. The van der Waals surface area contributed by atoms with Gasteiger partial charge in [0, 0.05) is 25.5 Å². The molecular formula is C27H54N2. The van der Waals surface area contributed by atoms with Crippen molar-refractivity contribution >= 4 is 0 Å². The van der Waals surface area contributed by atoms with Gasteiger partial charge in [-0.1, -0.05) is 117 Å². The van der Waals surface area contributed by atoms with Crippen molar-refractivity contribution in [3.05, 3.63) is 12.4 Å². The van der Waals surface area contributed by atoms with Crippen LogP contribution in [0.2, 0.25) is 0 Å². The van der Waals surface area contributed by atoms with Crippen LogP contribution in [0.1, 0.15) is 143 Å². The van der Waals surface area contributed by atoms with E-state index in [-0.39, 0.29) is 0 Å². The molecule has 0 bridgehead atoms. The summed E-state index contributed by atoms with van der Waals surface area (Å²) in [5.74, 6) is 0. The molecule has 0 saturated heterocycles. The fraction of sp³-hybridized carbons (Fsp3) is 0.926. The summed E-state index contributed by atoms with van der Waals surface area (Å²) in [4.78, 5) is 5.25. The van der Waals surface area contributed by atoms with E-state index in [9.17, 15) is 0 Å². The van der Waals surface area contributed by atoms with Crippen LogP contribution in [0.3, 0.4) is 0 Å². The van der Waals surface area contributed by atoms with Crippen molar-refractivity contribution in [3.63, 3.8) is 0 Å². The number of nitrogens with zero attached hydrogens (tertiary/aromatic N) is 2. The summed E-state index contributed by atoms with van der Waals surface area (Å²) < 4.78 is 0. The van der Waals surface area contributed by atoms with Gasteiger partial charge in [-0.2, -0.15) is 0 Å². The lowest BCUT2D eigenvalue weighted by molar-refractivity contribution is 0.137. The van der Waals surface area contributed by atoms with E-state index in [0.29, 0.717) is 6.17 Å². The minimum Gasteiger partial charge on any atom is -0.356 e. The summed E-state index contributed by atoms with van der Waals surface area (Å²) in [7, 11) is 0. The van der Waals surface area contributed by atoms with Gasteiger partial charge in [-0.05, 0) is 25.7 Å². The number of rotatable bonds is 21. The first-order chi connectivity index (χ1) is 14.3. The van der Waals surface area contributed by atoms with Crippen LogP contribution < -0.4 is 0 Å². The van der Waals surface area contributed by atoms with Crippen LogP contribution in [0.4, 0.5) is 0 Å². The van der Waals surface area contributed by atoms with Gasteiger partial charge in [-0.3, -0.25) is 0 Å². The lowest BCUT2D eigenvalue weighted by atomic mass is 10.0. The molecule has 1 heterocycles. The third-order valence-corrected chi connectivity index (χ3v) is 6.53. The minimum atomic E-state index is 0.643. The summed E-state index contributed by atoms with van der Waals surface area (Å²) in [5.41, 5.74) is 0. The van der Waals surface area contributed by atoms with E-state index in [1.54, 1.807) is 0 Å². The molecule has 0 aliphatic carbocycles. The first kappa shape index (κ1) is 26.4. The summed E-state index contributed by atoms with van der Waals surface area (Å²) in [5, 5.41) is 0. The number of hydrogen-bond donors (Lipinski definition) is 0. The predicted octanol–water partition coefficient (Wildman–Crippen LogP) is 8.87. The normalized spacial score (nSPS) is 16.3. The summed E-state index contributed by atoms with van der Waals surface area (Å²) >= 11 is 0. The maximum atomic E-state index is 2.65. The van der Waals surface area contributed by atoms with E-state index in [1.807, 2.05) is 0 Å². The quantitative estimate of drug-likeness (QED) is 0.176. The van der Waals surface area contributed by atoms with Crippen LogP contribution >= 0.6 is 0 Å². The Labute approximate surface area is 184 Å². The van der Waals surface area contributed by atoms with Gasteiger partial charge in [0.05, 0.1) is 0 Å². The highest BCUT2D eigenvalue weighted by Gasteiger charge is 2.24. The summed E-state index contributed by atoms with van der Waals surface area (Å²) in [6.45, 7) is 9.39. The van der Waals surface area contributed by atoms with Crippen LogP contribution in [0.15, 0.2) is 12.4 Å². The zero-order chi connectivity index (χ0) is 21.0. The molecule has 2 nitrogen and oxygen atoms in total. The molecule has 0 aromatic heterocycles. The van der Waals surface area contributed by atoms with Gasteiger partial charge in [0.25, 0.3) is 0 Å². The van der Waals surface area contributed by atoms with E-state index in [4.69, 9.17) is 0 Å². The van der Waals surface area contributed by atoms with Gasteiger partial charge in [-0.15, -0.1) is 0 Å². The third-order valence-electron chi connectivity index (χ3n) is 6.53. The van der Waals surface area contributed by atoms with Crippen molar-refractivity contribution in [2.75, 3.05) is 13.1 Å². The maximum Gasteiger partial charge on any atom is 0.101 e. The highest BCUT2D eigenvalue weighted by atomic mass is 15.4. The van der Waals surface area contributed by atoms with Crippen LogP contribution in [0.25, 0.3) is 0 Å². The summed E-state index contributed by atoms with van der Waals surface area (Å²) in [6, 6.07) is 0. The van der Waals surface area contributed by atoms with Crippen molar-refractivity contribution in [1.29, 1.82) is 0 Å². The molecule has 1 unspecified atom stereocenters. The zero-order valence-corrected chi connectivity index (χ0v) is 20.5. The molecule has 1 atom stereocenters. The number of hydrogen-bond acceptors (Lipinski definition) is 2. The Kier molecular flexibility index (Phi) is 17.6. The van der Waals surface area contributed by atoms with Crippen LogP contribution in [-0.2, 0) is 0 Å². The summed E-state index contributed by atoms with van der Waals surface area (Å²) in [6.07, 6.45) is 32.2. The van der Waals surface area contributed by atoms with Crippen molar-refractivity contribution in [2.24, 2.45) is 0 Å². The van der Waals surface area contributed by atoms with Crippen LogP contribution in [0, 0.1) is 0 Å². The Morgan fingerprint density at radius 2 is 0.862 bits per heavy atom. The van der Waals surface area contributed by atoms with Crippen LogP contribution in [-0.4, -0.2) is 29.1 Å². The molecule has 2 heteroatoms. The second kappa shape index (κ2) is 19.3. The average Bonchev–Trinajstić information content (AvgIpc) is 3.10. The first-order valence-electron chi connectivity index (χ1n) is 13.5. The van der Waals surface area contributed by atoms with Gasteiger partial charge < -0.3 is 9.80 Å². The zero-order valence-electron chi connectivity index (χ0n) is 20.5. The van der Waals surface area contributed by atoms with Gasteiger partial charge in [0.1, 0.15) is 6.17 Å². The van der Waals surface area contributed by atoms with E-state index in [2.05, 4.69) is 43.0 Å². The highest BCUT2D eigenvalue weighted by Crippen LogP contribution is 2.23. The fourth-order valence-corrected chi connectivity index (χ4v) is 4.66. The van der Waals surface area contributed by atoms with Gasteiger partial charge in [0.2, 0.25) is 0 Å². The van der Waals surface area contributed by atoms with E-state index >= 15 is 0 Å². The lowest BCUT2D eigenvalue weighted by Crippen LogP contribution is -2.39. The average molecular weight is 407 g/mol. The fourth-order valence-electron chi connectivity index (χ4n) is 4.66. The number of unbranched alkanes of at least 4 members (excludes halogenated alkanes) is 15. The van der Waals surface area contributed by atoms with Crippen LogP contribution in [0.5, 0.6) is 0 Å². The molecule has 0 aromatic rings. The van der Waals surface area contributed by atoms with Crippen molar-refractivity contribution in [1.82, 2.24) is 9.80 Å². The second-order valence-electron chi connectivity index (χ2n) is 9.35. The second-order valence-corrected chi connectivity index (χ2v) is 9.35. The molecule has 0 amide bonds. The molecule has 0 radical (unpaired) electrons. The van der Waals surface area contributed by atoms with E-state index in [1.165, 1.54) is 135 Å². The SMILES string of the molecule is CCCCCCCCCCCCC1N(CCC)C=CN1CCCCCCCCC. The Morgan fingerprint density at radius 1 is 0.448 bits per heavy atom. The molecular weight excluding hydrogens is 352 g/mol. The molecule has 0 N–H and O–H groups in total. The molecule has 0 saturated carbocycles. The van der Waals surface area contributed by atoms with Gasteiger partial charge >= 0.3 is 0 Å². The molecule has 1 aliphatic heterocycles. The minimum absolute atomic E-state index is 0.643. The van der Waals surface area contributed by atoms with Crippen molar-refractivity contribution in [2.45, 2.75) is 149 Å². The van der Waals surface area contributed by atoms with Gasteiger partial charge in [-0.25, -0.2) is 0 Å². The maximum absolute atomic E-state index is 2.65. The molecule has 0 fully saturated rings. The Balaban J connectivity index is 2.12. The molecule has 1 aliphatic rings. The standard InChI is InChI=1S/C27H54N2/c1-4-7-9-11-13-14-15-16-18-20-22-27-28(23-6-3)25-26-29(27)24-21-19-17-12-10-8-5-2/h25-27H,4-24H2,1-3H3. The predicted molar refractivity (Wildman–Crippen MR) is 131 cm³/mol. The van der Waals surface area contributed by atoms with E-state index in [0.717, 1.165) is 0 Å². The smallest absolute Gasteiger partial charge is 0.101 e. The molecule has 29 heavy (non-hydrogen) atoms. The Hall–Kier alpha value is -0.660. The third kappa shape index (κ3) is 13.3. The van der Waals surface area contributed by atoms with Crippen molar-refractivity contribution < 1.29 is 0 Å². The van der Waals surface area contributed by atoms with E-state index < -0.39 is 0 Å². The Morgan fingerprint density at radius 3 is 1.34 bits per heavy atom.